The number of benzene rings is 1. The van der Waals surface area contributed by atoms with Crippen LogP contribution in [0.4, 0.5) is 4.79 Å². The number of phenolic OH excluding ortho intramolecular Hbond substituents is 1. The minimum atomic E-state index is -1.10. The van der Waals surface area contributed by atoms with E-state index in [0.717, 1.165) is 0 Å². The van der Waals surface area contributed by atoms with Gasteiger partial charge < -0.3 is 19.7 Å². The van der Waals surface area contributed by atoms with Crippen molar-refractivity contribution in [1.82, 2.24) is 4.90 Å². The Balaban J connectivity index is 2.08. The molecule has 2 rings (SSSR count). The average Bonchev–Trinajstić information content (AvgIpc) is 2.81. The number of ether oxygens (including phenoxy) is 2. The maximum atomic E-state index is 12.2. The summed E-state index contributed by atoms with van der Waals surface area (Å²) in [5, 5.41) is 18.8. The molecule has 1 aliphatic heterocycles. The van der Waals surface area contributed by atoms with Crippen molar-refractivity contribution in [3.63, 3.8) is 0 Å². The lowest BCUT2D eigenvalue weighted by Crippen LogP contribution is -2.43. The Morgan fingerprint density at radius 2 is 2.00 bits per heavy atom. The van der Waals surface area contributed by atoms with Crippen LogP contribution in [0.1, 0.15) is 27.2 Å². The molecular weight excluding hydrogens is 302 g/mol. The van der Waals surface area contributed by atoms with E-state index in [1.807, 2.05) is 0 Å². The van der Waals surface area contributed by atoms with Crippen molar-refractivity contribution >= 4 is 12.1 Å². The Morgan fingerprint density at radius 1 is 1.30 bits per heavy atom. The Labute approximate surface area is 134 Å². The third-order valence-corrected chi connectivity index (χ3v) is 3.30. The summed E-state index contributed by atoms with van der Waals surface area (Å²) in [7, 11) is 0. The van der Waals surface area contributed by atoms with Gasteiger partial charge in [0.2, 0.25) is 0 Å². The van der Waals surface area contributed by atoms with Crippen molar-refractivity contribution in [2.45, 2.75) is 44.9 Å². The molecule has 1 saturated heterocycles. The second kappa shape index (κ2) is 6.36. The number of carboxylic acids is 1. The van der Waals surface area contributed by atoms with Gasteiger partial charge in [0.15, 0.2) is 0 Å². The molecule has 2 unspecified atom stereocenters. The number of nitrogens with zero attached hydrogens (tertiary/aromatic N) is 1. The molecule has 1 fully saturated rings. The topological polar surface area (TPSA) is 96.3 Å². The van der Waals surface area contributed by atoms with Gasteiger partial charge in [0.05, 0.1) is 6.54 Å². The van der Waals surface area contributed by atoms with E-state index in [4.69, 9.17) is 9.47 Å². The highest BCUT2D eigenvalue weighted by Crippen LogP contribution is 2.26. The molecule has 0 saturated carbocycles. The van der Waals surface area contributed by atoms with Crippen LogP contribution in [-0.2, 0) is 9.53 Å². The summed E-state index contributed by atoms with van der Waals surface area (Å²) in [6, 6.07) is 5.23. The number of rotatable bonds is 3. The van der Waals surface area contributed by atoms with Crippen LogP contribution >= 0.6 is 0 Å². The fraction of sp³-hybridized carbons (Fsp3) is 0.500. The quantitative estimate of drug-likeness (QED) is 0.885. The number of likely N-dealkylation sites (tertiary alicyclic amines) is 1. The van der Waals surface area contributed by atoms with Crippen molar-refractivity contribution in [3.05, 3.63) is 24.3 Å². The highest BCUT2D eigenvalue weighted by atomic mass is 16.6. The minimum absolute atomic E-state index is 0.0549. The Kier molecular flexibility index (Phi) is 4.68. The largest absolute Gasteiger partial charge is 0.508 e. The smallest absolute Gasteiger partial charge is 0.411 e. The number of carboxylic acid groups (broad SMARTS) is 1. The van der Waals surface area contributed by atoms with Gasteiger partial charge >= 0.3 is 12.1 Å². The van der Waals surface area contributed by atoms with E-state index in [1.54, 1.807) is 32.9 Å². The van der Waals surface area contributed by atoms with Crippen LogP contribution in [0.5, 0.6) is 11.5 Å². The first-order valence-corrected chi connectivity index (χ1v) is 7.34. The molecule has 7 heteroatoms. The van der Waals surface area contributed by atoms with Crippen LogP contribution < -0.4 is 4.74 Å². The zero-order valence-electron chi connectivity index (χ0n) is 13.4. The molecule has 1 amide bonds. The summed E-state index contributed by atoms with van der Waals surface area (Å²) < 4.78 is 10.9. The van der Waals surface area contributed by atoms with Crippen molar-refractivity contribution in [1.29, 1.82) is 0 Å². The van der Waals surface area contributed by atoms with Crippen molar-refractivity contribution in [2.24, 2.45) is 0 Å². The van der Waals surface area contributed by atoms with E-state index < -0.39 is 29.8 Å². The predicted octanol–water partition coefficient (Wildman–Crippen LogP) is 2.23. The van der Waals surface area contributed by atoms with Gasteiger partial charge in [-0.1, -0.05) is 6.07 Å². The van der Waals surface area contributed by atoms with Gasteiger partial charge in [-0.05, 0) is 32.9 Å². The van der Waals surface area contributed by atoms with Crippen LogP contribution in [0, 0.1) is 0 Å². The summed E-state index contributed by atoms with van der Waals surface area (Å²) in [5.74, 6) is -0.623. The van der Waals surface area contributed by atoms with Crippen molar-refractivity contribution in [2.75, 3.05) is 6.54 Å². The van der Waals surface area contributed by atoms with Gasteiger partial charge in [-0.25, -0.2) is 9.59 Å². The third-order valence-electron chi connectivity index (χ3n) is 3.30. The second-order valence-corrected chi connectivity index (χ2v) is 6.46. The highest BCUT2D eigenvalue weighted by Gasteiger charge is 2.42. The molecule has 126 valence electrons. The maximum Gasteiger partial charge on any atom is 0.411 e. The van der Waals surface area contributed by atoms with Gasteiger partial charge in [0.25, 0.3) is 0 Å². The molecule has 1 aromatic rings. The Morgan fingerprint density at radius 3 is 2.57 bits per heavy atom. The van der Waals surface area contributed by atoms with Gasteiger partial charge in [-0.3, -0.25) is 4.90 Å². The third kappa shape index (κ3) is 4.51. The molecule has 2 N–H and O–H groups in total. The van der Waals surface area contributed by atoms with Crippen LogP contribution in [0.3, 0.4) is 0 Å². The minimum Gasteiger partial charge on any atom is -0.508 e. The number of carbonyl (C=O) groups excluding carboxylic acids is 1. The molecule has 0 radical (unpaired) electrons. The molecule has 0 spiro atoms. The standard InChI is InChI=1S/C16H21NO6/c1-16(2,3)23-15(21)17-9-12(8-13(17)14(19)20)22-11-6-4-5-10(18)7-11/h4-7,12-13,18H,8-9H2,1-3H3,(H,19,20). The lowest BCUT2D eigenvalue weighted by Gasteiger charge is -2.26. The maximum absolute atomic E-state index is 12.2. The molecule has 1 aromatic carbocycles. The molecular formula is C16H21NO6. The molecule has 7 nitrogen and oxygen atoms in total. The number of aromatic hydroxyl groups is 1. The summed E-state index contributed by atoms with van der Waals surface area (Å²) in [5.41, 5.74) is -0.704. The Hall–Kier alpha value is -2.44. The van der Waals surface area contributed by atoms with Gasteiger partial charge in [0.1, 0.15) is 29.2 Å². The van der Waals surface area contributed by atoms with E-state index in [0.29, 0.717) is 5.75 Å². The van der Waals surface area contributed by atoms with Crippen LogP contribution in [-0.4, -0.2) is 51.5 Å². The summed E-state index contributed by atoms with van der Waals surface area (Å²) in [4.78, 5) is 24.7. The summed E-state index contributed by atoms with van der Waals surface area (Å²) in [6.45, 7) is 5.27. The normalized spacial score (nSPS) is 21.1. The zero-order chi connectivity index (χ0) is 17.2. The first-order valence-electron chi connectivity index (χ1n) is 7.34. The Bertz CT molecular complexity index is 594. The fourth-order valence-corrected chi connectivity index (χ4v) is 2.39. The molecule has 1 heterocycles. The summed E-state index contributed by atoms with van der Waals surface area (Å²) in [6.07, 6.45) is -0.998. The van der Waals surface area contributed by atoms with Crippen LogP contribution in [0.15, 0.2) is 24.3 Å². The average molecular weight is 323 g/mol. The molecule has 2 atom stereocenters. The van der Waals surface area contributed by atoms with Gasteiger partial charge in [0, 0.05) is 12.5 Å². The molecule has 0 aliphatic carbocycles. The highest BCUT2D eigenvalue weighted by molar-refractivity contribution is 5.81. The number of phenols is 1. The first kappa shape index (κ1) is 16.9. The van der Waals surface area contributed by atoms with E-state index in [1.165, 1.54) is 17.0 Å². The number of aliphatic carboxylic acids is 1. The van der Waals surface area contributed by atoms with Crippen molar-refractivity contribution in [3.8, 4) is 11.5 Å². The fourth-order valence-electron chi connectivity index (χ4n) is 2.39. The van der Waals surface area contributed by atoms with E-state index in [2.05, 4.69) is 0 Å². The van der Waals surface area contributed by atoms with Gasteiger partial charge in [-0.2, -0.15) is 0 Å². The number of hydrogen-bond donors (Lipinski definition) is 2. The van der Waals surface area contributed by atoms with E-state index in [-0.39, 0.29) is 18.7 Å². The van der Waals surface area contributed by atoms with Crippen LogP contribution in [0.25, 0.3) is 0 Å². The van der Waals surface area contributed by atoms with Gasteiger partial charge in [-0.15, -0.1) is 0 Å². The lowest BCUT2D eigenvalue weighted by molar-refractivity contribution is -0.142. The molecule has 1 aliphatic rings. The number of carbonyl (C=O) groups is 2. The second-order valence-electron chi connectivity index (χ2n) is 6.46. The lowest BCUT2D eigenvalue weighted by atomic mass is 10.2. The summed E-state index contributed by atoms with van der Waals surface area (Å²) >= 11 is 0. The number of hydrogen-bond acceptors (Lipinski definition) is 5. The molecule has 0 aromatic heterocycles. The molecule has 23 heavy (non-hydrogen) atoms. The SMILES string of the molecule is CC(C)(C)OC(=O)N1CC(Oc2cccc(O)c2)CC1C(=O)O. The van der Waals surface area contributed by atoms with E-state index in [9.17, 15) is 19.8 Å². The van der Waals surface area contributed by atoms with Crippen molar-refractivity contribution < 1.29 is 29.3 Å². The first-order chi connectivity index (χ1) is 10.7. The molecule has 0 bridgehead atoms. The van der Waals surface area contributed by atoms with E-state index >= 15 is 0 Å². The predicted molar refractivity (Wildman–Crippen MR) is 81.5 cm³/mol. The van der Waals surface area contributed by atoms with Crippen LogP contribution in [0.2, 0.25) is 0 Å². The number of amides is 1. The zero-order valence-corrected chi connectivity index (χ0v) is 13.4. The monoisotopic (exact) mass is 323 g/mol.